The number of nitrogens with one attached hydrogen (secondary N) is 1. The maximum atomic E-state index is 12.2. The highest BCUT2D eigenvalue weighted by Gasteiger charge is 2.17. The SMILES string of the molecule is CC(CO)CNC(=O)c1cc(C(C)C)n(-c2ccccc2)n1. The van der Waals surface area contributed by atoms with Crippen molar-refractivity contribution in [1.82, 2.24) is 15.1 Å². The van der Waals surface area contributed by atoms with Crippen molar-refractivity contribution >= 4 is 5.91 Å². The summed E-state index contributed by atoms with van der Waals surface area (Å²) in [6, 6.07) is 11.6. The minimum Gasteiger partial charge on any atom is -0.396 e. The molecule has 2 aromatic rings. The molecule has 0 spiro atoms. The van der Waals surface area contributed by atoms with Crippen molar-refractivity contribution in [2.75, 3.05) is 13.2 Å². The third-order valence-electron chi connectivity index (χ3n) is 3.48. The largest absolute Gasteiger partial charge is 0.396 e. The fraction of sp³-hybridized carbons (Fsp3) is 0.412. The lowest BCUT2D eigenvalue weighted by atomic mass is 10.1. The van der Waals surface area contributed by atoms with Gasteiger partial charge in [0, 0.05) is 18.8 Å². The van der Waals surface area contributed by atoms with Crippen molar-refractivity contribution < 1.29 is 9.90 Å². The quantitative estimate of drug-likeness (QED) is 0.860. The van der Waals surface area contributed by atoms with Crippen LogP contribution in [0.5, 0.6) is 0 Å². The van der Waals surface area contributed by atoms with E-state index in [9.17, 15) is 4.79 Å². The average molecular weight is 301 g/mol. The summed E-state index contributed by atoms with van der Waals surface area (Å²) in [5.74, 6) is 0.0761. The fourth-order valence-corrected chi connectivity index (χ4v) is 2.12. The van der Waals surface area contributed by atoms with Gasteiger partial charge in [0.05, 0.1) is 5.69 Å². The van der Waals surface area contributed by atoms with E-state index in [4.69, 9.17) is 5.11 Å². The van der Waals surface area contributed by atoms with Crippen LogP contribution in [0, 0.1) is 5.92 Å². The normalized spacial score (nSPS) is 12.4. The number of hydrogen-bond acceptors (Lipinski definition) is 3. The Morgan fingerprint density at radius 3 is 2.55 bits per heavy atom. The standard InChI is InChI=1S/C17H23N3O2/c1-12(2)16-9-15(17(22)18-10-13(3)11-21)19-20(16)14-7-5-4-6-8-14/h4-9,12-13,21H,10-11H2,1-3H3,(H,18,22). The van der Waals surface area contributed by atoms with Gasteiger partial charge in [0.25, 0.3) is 5.91 Å². The lowest BCUT2D eigenvalue weighted by Crippen LogP contribution is -2.29. The van der Waals surface area contributed by atoms with Crippen LogP contribution in [0.15, 0.2) is 36.4 Å². The van der Waals surface area contributed by atoms with Crippen LogP contribution in [-0.2, 0) is 0 Å². The lowest BCUT2D eigenvalue weighted by molar-refractivity contribution is 0.0937. The maximum Gasteiger partial charge on any atom is 0.271 e. The van der Waals surface area contributed by atoms with Crippen LogP contribution in [0.25, 0.3) is 5.69 Å². The van der Waals surface area contributed by atoms with Crippen LogP contribution in [-0.4, -0.2) is 33.9 Å². The second kappa shape index (κ2) is 7.22. The highest BCUT2D eigenvalue weighted by Crippen LogP contribution is 2.20. The van der Waals surface area contributed by atoms with Crippen molar-refractivity contribution in [3.05, 3.63) is 47.8 Å². The average Bonchev–Trinajstić information content (AvgIpc) is 2.98. The molecular weight excluding hydrogens is 278 g/mol. The second-order valence-corrected chi connectivity index (χ2v) is 5.85. The first-order chi connectivity index (χ1) is 10.5. The molecule has 0 bridgehead atoms. The number of aliphatic hydroxyl groups is 1. The van der Waals surface area contributed by atoms with Gasteiger partial charge in [0.2, 0.25) is 0 Å². The van der Waals surface area contributed by atoms with Gasteiger partial charge in [-0.15, -0.1) is 0 Å². The fourth-order valence-electron chi connectivity index (χ4n) is 2.12. The van der Waals surface area contributed by atoms with Gasteiger partial charge in [-0.3, -0.25) is 4.79 Å². The Hall–Kier alpha value is -2.14. The number of carbonyl (C=O) groups excluding carboxylic acids is 1. The van der Waals surface area contributed by atoms with Gasteiger partial charge in [-0.1, -0.05) is 39.0 Å². The van der Waals surface area contributed by atoms with Gasteiger partial charge >= 0.3 is 0 Å². The summed E-state index contributed by atoms with van der Waals surface area (Å²) < 4.78 is 1.81. The van der Waals surface area contributed by atoms with Crippen molar-refractivity contribution in [3.63, 3.8) is 0 Å². The monoisotopic (exact) mass is 301 g/mol. The Morgan fingerprint density at radius 1 is 1.27 bits per heavy atom. The van der Waals surface area contributed by atoms with Crippen LogP contribution in [0.4, 0.5) is 0 Å². The predicted molar refractivity (Wildman–Crippen MR) is 86.2 cm³/mol. The Bertz CT molecular complexity index is 620. The number of benzene rings is 1. The molecule has 2 N–H and O–H groups in total. The Balaban J connectivity index is 2.26. The molecule has 0 radical (unpaired) electrons. The molecule has 1 atom stereocenters. The summed E-state index contributed by atoms with van der Waals surface area (Å²) in [5.41, 5.74) is 2.33. The molecule has 1 aromatic carbocycles. The summed E-state index contributed by atoms with van der Waals surface area (Å²) >= 11 is 0. The van der Waals surface area contributed by atoms with Gasteiger partial charge in [0.15, 0.2) is 5.69 Å². The molecule has 5 heteroatoms. The van der Waals surface area contributed by atoms with E-state index >= 15 is 0 Å². The molecular formula is C17H23N3O2. The molecule has 0 aliphatic heterocycles. The molecule has 1 unspecified atom stereocenters. The summed E-state index contributed by atoms with van der Waals surface area (Å²) in [6.45, 7) is 6.51. The second-order valence-electron chi connectivity index (χ2n) is 5.85. The summed E-state index contributed by atoms with van der Waals surface area (Å²) in [6.07, 6.45) is 0. The van der Waals surface area contributed by atoms with E-state index in [0.29, 0.717) is 12.2 Å². The molecule has 0 fully saturated rings. The van der Waals surface area contributed by atoms with Crippen molar-refractivity contribution in [2.45, 2.75) is 26.7 Å². The van der Waals surface area contributed by atoms with Crippen LogP contribution in [0.2, 0.25) is 0 Å². The molecule has 0 saturated heterocycles. The Morgan fingerprint density at radius 2 is 1.95 bits per heavy atom. The van der Waals surface area contributed by atoms with Crippen LogP contribution < -0.4 is 5.32 Å². The van der Waals surface area contributed by atoms with Gasteiger partial charge < -0.3 is 10.4 Å². The zero-order valence-electron chi connectivity index (χ0n) is 13.3. The van der Waals surface area contributed by atoms with Crippen LogP contribution in [0.3, 0.4) is 0 Å². The van der Waals surface area contributed by atoms with Crippen molar-refractivity contribution in [1.29, 1.82) is 0 Å². The molecule has 2 rings (SSSR count). The topological polar surface area (TPSA) is 67.2 Å². The summed E-state index contributed by atoms with van der Waals surface area (Å²) in [7, 11) is 0. The number of amides is 1. The first kappa shape index (κ1) is 16.2. The van der Waals surface area contributed by atoms with Crippen LogP contribution in [0.1, 0.15) is 42.9 Å². The molecule has 0 aliphatic rings. The van der Waals surface area contributed by atoms with Crippen molar-refractivity contribution in [3.8, 4) is 5.69 Å². The van der Waals surface area contributed by atoms with E-state index in [0.717, 1.165) is 11.4 Å². The van der Waals surface area contributed by atoms with Gasteiger partial charge in [0.1, 0.15) is 0 Å². The summed E-state index contributed by atoms with van der Waals surface area (Å²) in [5, 5.41) is 16.3. The highest BCUT2D eigenvalue weighted by atomic mass is 16.3. The van der Waals surface area contributed by atoms with Gasteiger partial charge in [-0.05, 0) is 30.0 Å². The number of para-hydroxylation sites is 1. The van der Waals surface area contributed by atoms with Gasteiger partial charge in [-0.25, -0.2) is 4.68 Å². The first-order valence-corrected chi connectivity index (χ1v) is 7.57. The molecule has 1 heterocycles. The molecule has 5 nitrogen and oxygen atoms in total. The van der Waals surface area contributed by atoms with E-state index in [1.54, 1.807) is 0 Å². The Labute approximate surface area is 131 Å². The first-order valence-electron chi connectivity index (χ1n) is 7.57. The van der Waals surface area contributed by atoms with E-state index in [2.05, 4.69) is 24.3 Å². The van der Waals surface area contributed by atoms with Gasteiger partial charge in [-0.2, -0.15) is 5.10 Å². The van der Waals surface area contributed by atoms with Crippen molar-refractivity contribution in [2.24, 2.45) is 5.92 Å². The van der Waals surface area contributed by atoms with E-state index in [-0.39, 0.29) is 24.3 Å². The van der Waals surface area contributed by atoms with Crippen LogP contribution >= 0.6 is 0 Å². The molecule has 0 saturated carbocycles. The smallest absolute Gasteiger partial charge is 0.271 e. The zero-order chi connectivity index (χ0) is 16.1. The minimum absolute atomic E-state index is 0.0322. The number of hydrogen-bond donors (Lipinski definition) is 2. The third kappa shape index (κ3) is 3.74. The van der Waals surface area contributed by atoms with E-state index < -0.39 is 0 Å². The molecule has 22 heavy (non-hydrogen) atoms. The Kier molecular flexibility index (Phi) is 5.33. The molecule has 1 aromatic heterocycles. The molecule has 1 amide bonds. The number of rotatable bonds is 6. The predicted octanol–water partition coefficient (Wildman–Crippen LogP) is 2.35. The molecule has 118 valence electrons. The number of carbonyl (C=O) groups is 1. The zero-order valence-corrected chi connectivity index (χ0v) is 13.3. The maximum absolute atomic E-state index is 12.2. The number of aromatic nitrogens is 2. The summed E-state index contributed by atoms with van der Waals surface area (Å²) in [4.78, 5) is 12.2. The highest BCUT2D eigenvalue weighted by molar-refractivity contribution is 5.92. The van der Waals surface area contributed by atoms with E-state index in [1.807, 2.05) is 48.0 Å². The number of aliphatic hydroxyl groups excluding tert-OH is 1. The number of nitrogens with zero attached hydrogens (tertiary/aromatic N) is 2. The molecule has 0 aliphatic carbocycles. The van der Waals surface area contributed by atoms with E-state index in [1.165, 1.54) is 0 Å². The minimum atomic E-state index is -0.211. The lowest BCUT2D eigenvalue weighted by Gasteiger charge is -2.09. The third-order valence-corrected chi connectivity index (χ3v) is 3.48.